The molecule has 1 fully saturated rings. The molecule has 1 saturated heterocycles. The first-order valence-corrected chi connectivity index (χ1v) is 7.53. The number of hydrogen-bond donors (Lipinski definition) is 1. The second-order valence-electron chi connectivity index (χ2n) is 5.56. The summed E-state index contributed by atoms with van der Waals surface area (Å²) in [7, 11) is 0. The molecule has 3 nitrogen and oxygen atoms in total. The third-order valence-corrected chi connectivity index (χ3v) is 3.99. The van der Waals surface area contributed by atoms with Gasteiger partial charge in [0.2, 0.25) is 0 Å². The van der Waals surface area contributed by atoms with Gasteiger partial charge in [0.1, 0.15) is 0 Å². The molecule has 2 rings (SSSR count). The minimum absolute atomic E-state index is 0.264. The van der Waals surface area contributed by atoms with E-state index in [0.29, 0.717) is 19.8 Å². The smallest absolute Gasteiger partial charge is 0.159 e. The molecule has 0 saturated carbocycles. The van der Waals surface area contributed by atoms with Crippen LogP contribution in [-0.2, 0) is 4.74 Å². The van der Waals surface area contributed by atoms with Gasteiger partial charge >= 0.3 is 0 Å². The molecule has 0 aliphatic carbocycles. The van der Waals surface area contributed by atoms with Gasteiger partial charge in [-0.05, 0) is 56.5 Å². The highest BCUT2D eigenvalue weighted by Gasteiger charge is 2.22. The van der Waals surface area contributed by atoms with E-state index in [0.717, 1.165) is 31.5 Å². The van der Waals surface area contributed by atoms with Gasteiger partial charge in [-0.3, -0.25) is 0 Å². The maximum absolute atomic E-state index is 13.3. The van der Waals surface area contributed by atoms with E-state index in [1.165, 1.54) is 12.1 Å². The van der Waals surface area contributed by atoms with E-state index in [4.69, 9.17) is 4.74 Å². The van der Waals surface area contributed by atoms with Crippen molar-refractivity contribution in [2.45, 2.75) is 31.8 Å². The van der Waals surface area contributed by atoms with E-state index in [1.807, 2.05) is 6.92 Å². The molecule has 1 aliphatic heterocycles. The maximum Gasteiger partial charge on any atom is 0.159 e. The second-order valence-corrected chi connectivity index (χ2v) is 5.56. The van der Waals surface area contributed by atoms with Crippen molar-refractivity contribution in [3.05, 3.63) is 35.4 Å². The van der Waals surface area contributed by atoms with Crippen molar-refractivity contribution in [2.24, 2.45) is 0 Å². The monoisotopic (exact) mass is 299 g/mol. The predicted octanol–water partition coefficient (Wildman–Crippen LogP) is 2.54. The van der Waals surface area contributed by atoms with Crippen LogP contribution in [0.3, 0.4) is 0 Å². The highest BCUT2D eigenvalue weighted by molar-refractivity contribution is 5.22. The fourth-order valence-corrected chi connectivity index (χ4v) is 2.82. The topological polar surface area (TPSA) is 32.7 Å². The average molecular weight is 299 g/mol. The summed E-state index contributed by atoms with van der Waals surface area (Å²) in [6.07, 6.45) is 1.32. The molecule has 0 aromatic heterocycles. The van der Waals surface area contributed by atoms with Crippen molar-refractivity contribution in [3.8, 4) is 0 Å². The van der Waals surface area contributed by atoms with Crippen LogP contribution >= 0.6 is 0 Å². The van der Waals surface area contributed by atoms with Gasteiger partial charge in [0.25, 0.3) is 0 Å². The molecular weight excluding hydrogens is 276 g/mol. The Labute approximate surface area is 124 Å². The minimum atomic E-state index is -0.796. The zero-order valence-electron chi connectivity index (χ0n) is 12.4. The number of halogens is 2. The lowest BCUT2D eigenvalue weighted by Crippen LogP contribution is -2.39. The van der Waals surface area contributed by atoms with E-state index < -0.39 is 17.7 Å². The number of aliphatic hydroxyl groups excluding tert-OH is 1. The van der Waals surface area contributed by atoms with Crippen molar-refractivity contribution in [2.75, 3.05) is 32.8 Å². The van der Waals surface area contributed by atoms with Gasteiger partial charge < -0.3 is 14.7 Å². The van der Waals surface area contributed by atoms with Gasteiger partial charge in [0.05, 0.1) is 12.7 Å². The average Bonchev–Trinajstić information content (AvgIpc) is 2.49. The van der Waals surface area contributed by atoms with Crippen LogP contribution in [0.1, 0.15) is 31.2 Å². The van der Waals surface area contributed by atoms with Crippen LogP contribution in [0.4, 0.5) is 8.78 Å². The van der Waals surface area contributed by atoms with Crippen LogP contribution in [0.2, 0.25) is 0 Å². The normalized spacial score (nSPS) is 18.9. The molecule has 118 valence electrons. The third kappa shape index (κ3) is 4.73. The van der Waals surface area contributed by atoms with E-state index in [1.54, 1.807) is 6.07 Å². The van der Waals surface area contributed by atoms with Crippen LogP contribution in [0, 0.1) is 11.6 Å². The summed E-state index contributed by atoms with van der Waals surface area (Å²) in [6, 6.07) is 4.17. The number of benzene rings is 1. The lowest BCUT2D eigenvalue weighted by molar-refractivity contribution is 0.0167. The van der Waals surface area contributed by atoms with E-state index in [2.05, 4.69) is 4.90 Å². The Hall–Kier alpha value is -1.04. The molecule has 1 N–H and O–H groups in total. The third-order valence-electron chi connectivity index (χ3n) is 3.99. The molecule has 0 amide bonds. The molecular formula is C16H23F2NO2. The van der Waals surface area contributed by atoms with Gasteiger partial charge in [-0.2, -0.15) is 0 Å². The summed E-state index contributed by atoms with van der Waals surface area (Å²) in [5, 5.41) is 9.82. The zero-order valence-corrected chi connectivity index (χ0v) is 12.4. The molecule has 0 radical (unpaired) electrons. The Morgan fingerprint density at radius 1 is 1.29 bits per heavy atom. The summed E-state index contributed by atoms with van der Waals surface area (Å²) in [4.78, 5) is 2.19. The van der Waals surface area contributed by atoms with Gasteiger partial charge in [-0.15, -0.1) is 0 Å². The van der Waals surface area contributed by atoms with Gasteiger partial charge in [-0.1, -0.05) is 6.07 Å². The van der Waals surface area contributed by atoms with Crippen LogP contribution in [-0.4, -0.2) is 49.0 Å². The van der Waals surface area contributed by atoms with Gasteiger partial charge in [-0.25, -0.2) is 8.78 Å². The minimum Gasteiger partial charge on any atom is -0.389 e. The van der Waals surface area contributed by atoms with E-state index >= 15 is 0 Å². The van der Waals surface area contributed by atoms with Crippen molar-refractivity contribution in [1.82, 2.24) is 4.90 Å². The number of nitrogens with zero attached hydrogens (tertiary/aromatic N) is 1. The van der Waals surface area contributed by atoms with Gasteiger partial charge in [0, 0.05) is 13.2 Å². The summed E-state index contributed by atoms with van der Waals surface area (Å²) < 4.78 is 31.4. The molecule has 1 aromatic rings. The molecule has 1 aromatic carbocycles. The molecule has 5 heteroatoms. The molecule has 0 unspecified atom stereocenters. The number of β-amino-alcohol motifs (C(OH)–C–C–N with tert-alkyl or cyclic N) is 1. The first-order chi connectivity index (χ1) is 10.1. The van der Waals surface area contributed by atoms with Crippen LogP contribution in [0.25, 0.3) is 0 Å². The summed E-state index contributed by atoms with van der Waals surface area (Å²) in [6.45, 7) is 5.18. The van der Waals surface area contributed by atoms with Crippen LogP contribution < -0.4 is 0 Å². The van der Waals surface area contributed by atoms with Crippen LogP contribution in [0.15, 0.2) is 18.2 Å². The Bertz CT molecular complexity index is 448. The fraction of sp³-hybridized carbons (Fsp3) is 0.625. The number of piperidine rings is 1. The standard InChI is InChI=1S/C16H23F2NO2/c1-2-21-11-14(20)10-19-7-5-12(6-8-19)13-3-4-15(17)16(18)9-13/h3-4,9,12,14,20H,2,5-8,10-11H2,1H3/t14-/m0/s1. The van der Waals surface area contributed by atoms with Crippen LogP contribution in [0.5, 0.6) is 0 Å². The van der Waals surface area contributed by atoms with E-state index in [-0.39, 0.29) is 5.92 Å². The molecule has 21 heavy (non-hydrogen) atoms. The quantitative estimate of drug-likeness (QED) is 0.876. The SMILES string of the molecule is CCOC[C@@H](O)CN1CCC(c2ccc(F)c(F)c2)CC1. The maximum atomic E-state index is 13.3. The highest BCUT2D eigenvalue weighted by atomic mass is 19.2. The summed E-state index contributed by atoms with van der Waals surface area (Å²) in [5.74, 6) is -1.31. The number of rotatable bonds is 6. The van der Waals surface area contributed by atoms with Crippen molar-refractivity contribution < 1.29 is 18.6 Å². The van der Waals surface area contributed by atoms with Gasteiger partial charge in [0.15, 0.2) is 11.6 Å². The predicted molar refractivity (Wildman–Crippen MR) is 77.3 cm³/mol. The molecule has 0 bridgehead atoms. The van der Waals surface area contributed by atoms with Crippen molar-refractivity contribution >= 4 is 0 Å². The summed E-state index contributed by atoms with van der Waals surface area (Å²) >= 11 is 0. The summed E-state index contributed by atoms with van der Waals surface area (Å²) in [5.41, 5.74) is 0.864. The first kappa shape index (κ1) is 16.3. The van der Waals surface area contributed by atoms with E-state index in [9.17, 15) is 13.9 Å². The van der Waals surface area contributed by atoms with Crippen molar-refractivity contribution in [3.63, 3.8) is 0 Å². The molecule has 1 aliphatic rings. The number of aliphatic hydroxyl groups is 1. The first-order valence-electron chi connectivity index (χ1n) is 7.53. The molecule has 1 atom stereocenters. The fourth-order valence-electron chi connectivity index (χ4n) is 2.82. The van der Waals surface area contributed by atoms with Crippen molar-refractivity contribution in [1.29, 1.82) is 0 Å². The zero-order chi connectivity index (χ0) is 15.2. The number of likely N-dealkylation sites (tertiary alicyclic amines) is 1. The Kier molecular flexibility index (Phi) is 6.08. The molecule has 0 spiro atoms. The largest absolute Gasteiger partial charge is 0.389 e. The second kappa shape index (κ2) is 7.82. The Morgan fingerprint density at radius 3 is 2.62 bits per heavy atom. The Balaban J connectivity index is 1.81. The Morgan fingerprint density at radius 2 is 2.00 bits per heavy atom. The number of ether oxygens (including phenoxy) is 1. The highest BCUT2D eigenvalue weighted by Crippen LogP contribution is 2.28. The molecule has 1 heterocycles. The lowest BCUT2D eigenvalue weighted by atomic mass is 9.89. The number of hydrogen-bond acceptors (Lipinski definition) is 3. The lowest BCUT2D eigenvalue weighted by Gasteiger charge is -2.33.